The number of ether oxygens (including phenoxy) is 4. The molecule has 0 bridgehead atoms. The SMILES string of the molecule is CNCC(=O)N[C@H](C(=O)N1CCN(C(=O)c2c(OCCOCCOCCOCCO)c3cc(F)c(F)cc3n2C)CC1)C1CCCCC1. The first kappa shape index (κ1) is 37.4. The highest BCUT2D eigenvalue weighted by Gasteiger charge is 2.36. The molecule has 1 atom stereocenters. The lowest BCUT2D eigenvalue weighted by atomic mass is 9.83. The van der Waals surface area contributed by atoms with Gasteiger partial charge in [0.15, 0.2) is 23.1 Å². The van der Waals surface area contributed by atoms with Crippen LogP contribution in [0.3, 0.4) is 0 Å². The van der Waals surface area contributed by atoms with Crippen molar-refractivity contribution in [2.75, 3.05) is 92.6 Å². The smallest absolute Gasteiger partial charge is 0.274 e. The highest BCUT2D eigenvalue weighted by Crippen LogP contribution is 2.35. The molecule has 1 aromatic heterocycles. The summed E-state index contributed by atoms with van der Waals surface area (Å²) >= 11 is 0. The van der Waals surface area contributed by atoms with Crippen LogP contribution in [-0.4, -0.2) is 136 Å². The highest BCUT2D eigenvalue weighted by molar-refractivity contribution is 6.04. The third kappa shape index (κ3) is 9.84. The van der Waals surface area contributed by atoms with Gasteiger partial charge in [-0.1, -0.05) is 19.3 Å². The molecule has 2 aliphatic rings. The third-order valence-corrected chi connectivity index (χ3v) is 8.77. The number of amides is 3. The number of aliphatic hydroxyl groups excluding tert-OH is 1. The van der Waals surface area contributed by atoms with Crippen molar-refractivity contribution in [3.05, 3.63) is 29.5 Å². The van der Waals surface area contributed by atoms with E-state index in [0.29, 0.717) is 25.3 Å². The quantitative estimate of drug-likeness (QED) is 0.199. The fraction of sp³-hybridized carbons (Fsp3) is 0.667. The Labute approximate surface area is 279 Å². The lowest BCUT2D eigenvalue weighted by Gasteiger charge is -2.39. The van der Waals surface area contributed by atoms with Crippen LogP contribution in [0, 0.1) is 17.6 Å². The monoisotopic (exact) mass is 681 g/mol. The minimum Gasteiger partial charge on any atom is -0.488 e. The summed E-state index contributed by atoms with van der Waals surface area (Å²) in [4.78, 5) is 43.4. The number of benzene rings is 1. The van der Waals surface area contributed by atoms with Crippen LogP contribution in [0.15, 0.2) is 12.1 Å². The van der Waals surface area contributed by atoms with Gasteiger partial charge in [-0.25, -0.2) is 8.78 Å². The molecule has 1 aromatic carbocycles. The molecule has 2 fully saturated rings. The number of aromatic nitrogens is 1. The number of halogens is 2. The summed E-state index contributed by atoms with van der Waals surface area (Å²) in [5.41, 5.74) is 0.437. The van der Waals surface area contributed by atoms with Gasteiger partial charge in [0.1, 0.15) is 12.6 Å². The Bertz CT molecular complexity index is 1360. The highest BCUT2D eigenvalue weighted by atomic mass is 19.2. The minimum absolute atomic E-state index is 0.0438. The first-order valence-corrected chi connectivity index (χ1v) is 16.7. The van der Waals surface area contributed by atoms with E-state index in [2.05, 4.69) is 10.6 Å². The van der Waals surface area contributed by atoms with Crippen molar-refractivity contribution < 1.29 is 47.2 Å². The number of rotatable bonds is 18. The summed E-state index contributed by atoms with van der Waals surface area (Å²) in [6.45, 7) is 2.89. The van der Waals surface area contributed by atoms with Crippen molar-refractivity contribution in [3.8, 4) is 5.75 Å². The molecule has 0 spiro atoms. The summed E-state index contributed by atoms with van der Waals surface area (Å²) in [5, 5.41) is 14.7. The molecule has 2 aromatic rings. The number of carbonyl (C=O) groups is 3. The van der Waals surface area contributed by atoms with Crippen LogP contribution >= 0.6 is 0 Å². The summed E-state index contributed by atoms with van der Waals surface area (Å²) < 4.78 is 52.2. The van der Waals surface area contributed by atoms with Crippen LogP contribution in [0.25, 0.3) is 10.9 Å². The zero-order valence-corrected chi connectivity index (χ0v) is 27.9. The standard InChI is InChI=1S/C33H49F2N5O8/c1-36-22-28(42)37-29(23-6-4-3-5-7-23)32(43)39-8-10-40(11-9-39)33(44)30-31(24-20-25(34)26(35)21-27(24)38(30)2)48-19-18-47-17-16-46-15-14-45-13-12-41/h20-21,23,29,36,41H,3-19,22H2,1-2H3,(H,37,42)/t29-/m0/s1. The van der Waals surface area contributed by atoms with Crippen LogP contribution in [0.2, 0.25) is 0 Å². The van der Waals surface area contributed by atoms with Gasteiger partial charge in [-0.15, -0.1) is 0 Å². The zero-order valence-electron chi connectivity index (χ0n) is 27.9. The molecule has 1 saturated carbocycles. The van der Waals surface area contributed by atoms with Crippen molar-refractivity contribution in [2.24, 2.45) is 13.0 Å². The molecule has 4 rings (SSSR count). The van der Waals surface area contributed by atoms with Crippen molar-refractivity contribution in [2.45, 2.75) is 38.1 Å². The molecule has 1 aliphatic heterocycles. The minimum atomic E-state index is -1.06. The number of carbonyl (C=O) groups excluding carboxylic acids is 3. The summed E-state index contributed by atoms with van der Waals surface area (Å²) in [6.07, 6.45) is 4.91. The maximum Gasteiger partial charge on any atom is 0.274 e. The number of fused-ring (bicyclic) bond motifs is 1. The molecular formula is C33H49F2N5O8. The second-order valence-corrected chi connectivity index (χ2v) is 12.0. The van der Waals surface area contributed by atoms with Crippen LogP contribution in [0.1, 0.15) is 42.6 Å². The van der Waals surface area contributed by atoms with E-state index in [0.717, 1.165) is 44.2 Å². The molecule has 15 heteroatoms. The molecule has 3 amide bonds. The van der Waals surface area contributed by atoms with Gasteiger partial charge in [0.25, 0.3) is 5.91 Å². The van der Waals surface area contributed by atoms with Gasteiger partial charge >= 0.3 is 0 Å². The number of nitrogens with zero attached hydrogens (tertiary/aromatic N) is 3. The Hall–Kier alpha value is -3.37. The van der Waals surface area contributed by atoms with Gasteiger partial charge in [-0.2, -0.15) is 0 Å². The van der Waals surface area contributed by atoms with E-state index in [1.54, 1.807) is 23.9 Å². The first-order valence-electron chi connectivity index (χ1n) is 16.7. The molecule has 1 aliphatic carbocycles. The molecule has 268 valence electrons. The van der Waals surface area contributed by atoms with Crippen molar-refractivity contribution in [1.29, 1.82) is 0 Å². The lowest BCUT2D eigenvalue weighted by molar-refractivity contribution is -0.139. The second-order valence-electron chi connectivity index (χ2n) is 12.0. The molecule has 0 radical (unpaired) electrons. The third-order valence-electron chi connectivity index (χ3n) is 8.77. The average molecular weight is 682 g/mol. The van der Waals surface area contributed by atoms with E-state index in [1.807, 2.05) is 0 Å². The molecule has 1 saturated heterocycles. The Morgan fingerprint density at radius 2 is 1.46 bits per heavy atom. The van der Waals surface area contributed by atoms with Gasteiger partial charge in [-0.05, 0) is 31.9 Å². The predicted octanol–water partition coefficient (Wildman–Crippen LogP) is 1.45. The zero-order chi connectivity index (χ0) is 34.5. The van der Waals surface area contributed by atoms with Gasteiger partial charge in [0.2, 0.25) is 11.8 Å². The van der Waals surface area contributed by atoms with Gasteiger partial charge < -0.3 is 49.1 Å². The molecule has 3 N–H and O–H groups in total. The fourth-order valence-electron chi connectivity index (χ4n) is 6.30. The van der Waals surface area contributed by atoms with Crippen molar-refractivity contribution in [3.63, 3.8) is 0 Å². The van der Waals surface area contributed by atoms with E-state index >= 15 is 0 Å². The molecule has 13 nitrogen and oxygen atoms in total. The molecular weight excluding hydrogens is 632 g/mol. The van der Waals surface area contributed by atoms with Crippen molar-refractivity contribution in [1.82, 2.24) is 25.0 Å². The first-order chi connectivity index (χ1) is 23.3. The van der Waals surface area contributed by atoms with Crippen LogP contribution < -0.4 is 15.4 Å². The van der Waals surface area contributed by atoms with Crippen LogP contribution in [-0.2, 0) is 30.8 Å². The van der Waals surface area contributed by atoms with Gasteiger partial charge in [-0.3, -0.25) is 14.4 Å². The van der Waals surface area contributed by atoms with E-state index in [-0.39, 0.29) is 106 Å². The fourth-order valence-corrected chi connectivity index (χ4v) is 6.30. The van der Waals surface area contributed by atoms with Gasteiger partial charge in [0, 0.05) is 44.7 Å². The normalized spacial score (nSPS) is 16.4. The van der Waals surface area contributed by atoms with Crippen molar-refractivity contribution >= 4 is 28.6 Å². The van der Waals surface area contributed by atoms with E-state index < -0.39 is 17.7 Å². The van der Waals surface area contributed by atoms with E-state index in [9.17, 15) is 23.2 Å². The summed E-state index contributed by atoms with van der Waals surface area (Å²) in [5.74, 6) is -2.67. The summed E-state index contributed by atoms with van der Waals surface area (Å²) in [7, 11) is 3.28. The molecule has 2 heterocycles. The van der Waals surface area contributed by atoms with E-state index in [4.69, 9.17) is 24.1 Å². The average Bonchev–Trinajstić information content (AvgIpc) is 3.35. The number of likely N-dealkylation sites (N-methyl/N-ethyl adjacent to an activating group) is 1. The predicted molar refractivity (Wildman–Crippen MR) is 173 cm³/mol. The van der Waals surface area contributed by atoms with E-state index in [1.165, 1.54) is 4.57 Å². The lowest BCUT2D eigenvalue weighted by Crippen LogP contribution is -2.58. The maximum atomic E-state index is 14.4. The Morgan fingerprint density at radius 1 is 0.875 bits per heavy atom. The van der Waals surface area contributed by atoms with Crippen LogP contribution in [0.4, 0.5) is 8.78 Å². The number of hydrogen-bond donors (Lipinski definition) is 3. The molecule has 0 unspecified atom stereocenters. The Balaban J connectivity index is 1.39. The number of aliphatic hydroxyl groups is 1. The largest absolute Gasteiger partial charge is 0.488 e. The van der Waals surface area contributed by atoms with Gasteiger partial charge in [0.05, 0.1) is 58.3 Å². The van der Waals surface area contributed by atoms with Crippen LogP contribution in [0.5, 0.6) is 5.75 Å². The number of piperazine rings is 1. The second kappa shape index (κ2) is 19.0. The maximum absolute atomic E-state index is 14.4. The summed E-state index contributed by atoms with van der Waals surface area (Å²) in [6, 6.07) is 1.45. The number of hydrogen-bond acceptors (Lipinski definition) is 9. The number of nitrogens with one attached hydrogen (secondary N) is 2. The Morgan fingerprint density at radius 3 is 2.08 bits per heavy atom. The molecule has 48 heavy (non-hydrogen) atoms. The number of aryl methyl sites for hydroxylation is 1. The topological polar surface area (TPSA) is 144 Å². The Kier molecular flexibility index (Phi) is 14.8.